The highest BCUT2D eigenvalue weighted by Crippen LogP contribution is 2.37. The number of amides is 2. The van der Waals surface area contributed by atoms with Crippen LogP contribution in [0.15, 0.2) is 0 Å². The zero-order valence-corrected chi connectivity index (χ0v) is 12.6. The summed E-state index contributed by atoms with van der Waals surface area (Å²) in [5, 5.41) is 2.84. The van der Waals surface area contributed by atoms with Crippen LogP contribution in [-0.2, 0) is 9.59 Å². The fraction of sp³-hybridized carbons (Fsp3) is 0.867. The van der Waals surface area contributed by atoms with Gasteiger partial charge >= 0.3 is 0 Å². The monoisotopic (exact) mass is 281 g/mol. The Hall–Kier alpha value is -1.10. The van der Waals surface area contributed by atoms with Crippen LogP contribution in [0, 0.1) is 11.8 Å². The Labute approximate surface area is 121 Å². The molecule has 0 aromatic carbocycles. The van der Waals surface area contributed by atoms with Crippen molar-refractivity contribution in [2.24, 2.45) is 17.6 Å². The molecule has 0 radical (unpaired) electrons. The number of carbonyl (C=O) groups is 2. The zero-order valence-electron chi connectivity index (χ0n) is 12.6. The minimum Gasteiger partial charge on any atom is -0.354 e. The lowest BCUT2D eigenvalue weighted by atomic mass is 9.98. The molecule has 1 heterocycles. The van der Waals surface area contributed by atoms with Crippen molar-refractivity contribution in [1.82, 2.24) is 10.2 Å². The van der Waals surface area contributed by atoms with E-state index in [1.54, 1.807) is 0 Å². The number of fused-ring (bicyclic) bond motifs is 1. The lowest BCUT2D eigenvalue weighted by molar-refractivity contribution is -0.130. The molecule has 5 heteroatoms. The van der Waals surface area contributed by atoms with Crippen molar-refractivity contribution in [2.75, 3.05) is 13.1 Å². The van der Waals surface area contributed by atoms with Gasteiger partial charge in [-0.05, 0) is 44.9 Å². The van der Waals surface area contributed by atoms with Crippen LogP contribution < -0.4 is 11.1 Å². The van der Waals surface area contributed by atoms with E-state index in [4.69, 9.17) is 5.73 Å². The maximum atomic E-state index is 12.1. The number of carbonyl (C=O) groups excluding carboxylic acids is 2. The van der Waals surface area contributed by atoms with Gasteiger partial charge in [-0.3, -0.25) is 9.59 Å². The Morgan fingerprint density at radius 2 is 2.00 bits per heavy atom. The summed E-state index contributed by atoms with van der Waals surface area (Å²) < 4.78 is 0. The summed E-state index contributed by atoms with van der Waals surface area (Å²) in [6.07, 6.45) is 3.80. The van der Waals surface area contributed by atoms with E-state index < -0.39 is 0 Å². The van der Waals surface area contributed by atoms with Crippen molar-refractivity contribution in [1.29, 1.82) is 0 Å². The highest BCUT2D eigenvalue weighted by Gasteiger charge is 2.42. The van der Waals surface area contributed by atoms with Gasteiger partial charge < -0.3 is 16.0 Å². The quantitative estimate of drug-likeness (QED) is 0.785. The SMILES string of the molecule is CC(C)NC(=O)CCCC(=O)N1CC2CCC(N)C2C1. The van der Waals surface area contributed by atoms with E-state index in [0.717, 1.165) is 25.9 Å². The van der Waals surface area contributed by atoms with Gasteiger partial charge in [0.1, 0.15) is 0 Å². The van der Waals surface area contributed by atoms with Crippen LogP contribution in [0.4, 0.5) is 0 Å². The average molecular weight is 281 g/mol. The Morgan fingerprint density at radius 1 is 1.25 bits per heavy atom. The topological polar surface area (TPSA) is 75.4 Å². The molecule has 114 valence electrons. The van der Waals surface area contributed by atoms with Gasteiger partial charge in [0, 0.05) is 38.0 Å². The Balaban J connectivity index is 1.67. The lowest BCUT2D eigenvalue weighted by Gasteiger charge is -2.18. The summed E-state index contributed by atoms with van der Waals surface area (Å²) in [6, 6.07) is 0.437. The van der Waals surface area contributed by atoms with Crippen LogP contribution in [-0.4, -0.2) is 41.9 Å². The first-order chi connectivity index (χ1) is 9.47. The van der Waals surface area contributed by atoms with Gasteiger partial charge in [0.15, 0.2) is 0 Å². The van der Waals surface area contributed by atoms with E-state index in [1.807, 2.05) is 18.7 Å². The Bertz CT molecular complexity index is 370. The summed E-state index contributed by atoms with van der Waals surface area (Å²) in [7, 11) is 0. The molecule has 2 fully saturated rings. The molecule has 0 spiro atoms. The smallest absolute Gasteiger partial charge is 0.222 e. The molecule has 2 aliphatic rings. The van der Waals surface area contributed by atoms with Gasteiger partial charge in [-0.1, -0.05) is 0 Å². The molecule has 3 N–H and O–H groups in total. The van der Waals surface area contributed by atoms with Gasteiger partial charge in [0.2, 0.25) is 11.8 Å². The number of likely N-dealkylation sites (tertiary alicyclic amines) is 1. The fourth-order valence-electron chi connectivity index (χ4n) is 3.46. The molecule has 1 aliphatic carbocycles. The summed E-state index contributed by atoms with van der Waals surface area (Å²) in [4.78, 5) is 25.6. The molecular formula is C15H27N3O2. The molecule has 2 amide bonds. The second kappa shape index (κ2) is 6.57. The zero-order chi connectivity index (χ0) is 14.7. The number of hydrogen-bond acceptors (Lipinski definition) is 3. The molecule has 3 atom stereocenters. The Kier molecular flexibility index (Phi) is 5.02. The molecule has 0 aromatic rings. The third-order valence-electron chi connectivity index (χ3n) is 4.51. The number of nitrogens with two attached hydrogens (primary N) is 1. The van der Waals surface area contributed by atoms with Crippen molar-refractivity contribution in [3.8, 4) is 0 Å². The van der Waals surface area contributed by atoms with E-state index in [2.05, 4.69) is 5.32 Å². The second-order valence-corrected chi connectivity index (χ2v) is 6.54. The summed E-state index contributed by atoms with van der Waals surface area (Å²) in [6.45, 7) is 5.57. The van der Waals surface area contributed by atoms with Gasteiger partial charge in [0.05, 0.1) is 0 Å². The largest absolute Gasteiger partial charge is 0.354 e. The number of hydrogen-bond donors (Lipinski definition) is 2. The van der Waals surface area contributed by atoms with Crippen molar-refractivity contribution >= 4 is 11.8 Å². The molecule has 0 aromatic heterocycles. The van der Waals surface area contributed by atoms with E-state index in [0.29, 0.717) is 31.1 Å². The standard InChI is InChI=1S/C15H27N3O2/c1-10(2)17-14(19)4-3-5-15(20)18-8-11-6-7-13(16)12(11)9-18/h10-13H,3-9,16H2,1-2H3,(H,17,19). The summed E-state index contributed by atoms with van der Waals surface area (Å²) in [5.74, 6) is 1.33. The Morgan fingerprint density at radius 3 is 2.65 bits per heavy atom. The maximum Gasteiger partial charge on any atom is 0.222 e. The molecule has 1 saturated carbocycles. The second-order valence-electron chi connectivity index (χ2n) is 6.54. The molecule has 1 saturated heterocycles. The van der Waals surface area contributed by atoms with Crippen LogP contribution in [0.2, 0.25) is 0 Å². The molecule has 20 heavy (non-hydrogen) atoms. The first-order valence-corrected chi connectivity index (χ1v) is 7.80. The number of nitrogens with one attached hydrogen (secondary N) is 1. The van der Waals surface area contributed by atoms with Crippen LogP contribution >= 0.6 is 0 Å². The normalized spacial score (nSPS) is 28.8. The number of nitrogens with zero attached hydrogens (tertiary/aromatic N) is 1. The minimum atomic E-state index is 0.0353. The third kappa shape index (κ3) is 3.72. The van der Waals surface area contributed by atoms with Gasteiger partial charge in [-0.2, -0.15) is 0 Å². The third-order valence-corrected chi connectivity index (χ3v) is 4.51. The van der Waals surface area contributed by atoms with Crippen molar-refractivity contribution in [3.05, 3.63) is 0 Å². The molecular weight excluding hydrogens is 254 g/mol. The van der Waals surface area contributed by atoms with Crippen molar-refractivity contribution in [3.63, 3.8) is 0 Å². The minimum absolute atomic E-state index is 0.0353. The van der Waals surface area contributed by atoms with Crippen LogP contribution in [0.3, 0.4) is 0 Å². The van der Waals surface area contributed by atoms with E-state index >= 15 is 0 Å². The fourth-order valence-corrected chi connectivity index (χ4v) is 3.46. The maximum absolute atomic E-state index is 12.1. The highest BCUT2D eigenvalue weighted by molar-refractivity contribution is 5.79. The predicted molar refractivity (Wildman–Crippen MR) is 77.9 cm³/mol. The van der Waals surface area contributed by atoms with Crippen LogP contribution in [0.25, 0.3) is 0 Å². The number of rotatable bonds is 5. The van der Waals surface area contributed by atoms with Crippen molar-refractivity contribution < 1.29 is 9.59 Å². The predicted octanol–water partition coefficient (Wildman–Crippen LogP) is 0.877. The van der Waals surface area contributed by atoms with E-state index in [1.165, 1.54) is 0 Å². The van der Waals surface area contributed by atoms with Gasteiger partial charge in [0.25, 0.3) is 0 Å². The molecule has 1 aliphatic heterocycles. The summed E-state index contributed by atoms with van der Waals surface area (Å²) in [5.41, 5.74) is 6.08. The average Bonchev–Trinajstić information content (AvgIpc) is 2.91. The highest BCUT2D eigenvalue weighted by atomic mass is 16.2. The molecule has 5 nitrogen and oxygen atoms in total. The molecule has 0 bridgehead atoms. The first-order valence-electron chi connectivity index (χ1n) is 7.80. The first kappa shape index (κ1) is 15.3. The van der Waals surface area contributed by atoms with Crippen LogP contribution in [0.1, 0.15) is 46.0 Å². The van der Waals surface area contributed by atoms with Crippen molar-refractivity contribution in [2.45, 2.75) is 58.0 Å². The van der Waals surface area contributed by atoms with Gasteiger partial charge in [-0.15, -0.1) is 0 Å². The van der Waals surface area contributed by atoms with Gasteiger partial charge in [-0.25, -0.2) is 0 Å². The van der Waals surface area contributed by atoms with E-state index in [-0.39, 0.29) is 23.9 Å². The molecule has 3 unspecified atom stereocenters. The van der Waals surface area contributed by atoms with E-state index in [9.17, 15) is 9.59 Å². The molecule has 2 rings (SSSR count). The van der Waals surface area contributed by atoms with Crippen LogP contribution in [0.5, 0.6) is 0 Å². The summed E-state index contributed by atoms with van der Waals surface area (Å²) >= 11 is 0. The lowest BCUT2D eigenvalue weighted by Crippen LogP contribution is -2.34.